The SMILES string of the molecule is O=C(NCC1CCN(C(=O)c2cccnc2)CC1)c1cc(=O)c2ccccc2o1. The van der Waals surface area contributed by atoms with Crippen LogP contribution in [0.1, 0.15) is 33.8 Å². The molecule has 3 heterocycles. The molecule has 1 N–H and O–H groups in total. The second-order valence-corrected chi connectivity index (χ2v) is 7.16. The average molecular weight is 391 g/mol. The van der Waals surface area contributed by atoms with Crippen LogP contribution in [-0.2, 0) is 0 Å². The summed E-state index contributed by atoms with van der Waals surface area (Å²) in [5.74, 6) is -0.137. The molecular weight excluding hydrogens is 370 g/mol. The van der Waals surface area contributed by atoms with Crippen molar-refractivity contribution >= 4 is 22.8 Å². The third-order valence-corrected chi connectivity index (χ3v) is 5.22. The molecular formula is C22H21N3O4. The number of fused-ring (bicyclic) bond motifs is 1. The van der Waals surface area contributed by atoms with Crippen LogP contribution < -0.4 is 10.7 Å². The number of hydrogen-bond acceptors (Lipinski definition) is 5. The Hall–Kier alpha value is -3.48. The Morgan fingerprint density at radius 2 is 1.93 bits per heavy atom. The van der Waals surface area contributed by atoms with Crippen molar-refractivity contribution in [3.8, 4) is 0 Å². The summed E-state index contributed by atoms with van der Waals surface area (Å²) in [5, 5.41) is 3.30. The molecule has 0 bridgehead atoms. The van der Waals surface area contributed by atoms with E-state index < -0.39 is 5.91 Å². The van der Waals surface area contributed by atoms with E-state index in [2.05, 4.69) is 10.3 Å². The fourth-order valence-electron chi connectivity index (χ4n) is 3.55. The number of amides is 2. The second kappa shape index (κ2) is 8.26. The minimum Gasteiger partial charge on any atom is -0.451 e. The molecule has 1 saturated heterocycles. The maximum absolute atomic E-state index is 12.5. The first-order valence-corrected chi connectivity index (χ1v) is 9.62. The zero-order valence-electron chi connectivity index (χ0n) is 15.8. The van der Waals surface area contributed by atoms with Gasteiger partial charge in [0.15, 0.2) is 11.2 Å². The normalized spacial score (nSPS) is 14.7. The minimum atomic E-state index is -0.401. The number of carbonyl (C=O) groups excluding carboxylic acids is 2. The van der Waals surface area contributed by atoms with Crippen LogP contribution >= 0.6 is 0 Å². The molecule has 1 fully saturated rings. The van der Waals surface area contributed by atoms with Crippen LogP contribution in [-0.4, -0.2) is 41.3 Å². The van der Waals surface area contributed by atoms with Gasteiger partial charge in [0.2, 0.25) is 0 Å². The molecule has 1 aromatic carbocycles. The van der Waals surface area contributed by atoms with Gasteiger partial charge in [-0.1, -0.05) is 12.1 Å². The molecule has 1 aliphatic heterocycles. The van der Waals surface area contributed by atoms with Crippen LogP contribution in [0.5, 0.6) is 0 Å². The largest absolute Gasteiger partial charge is 0.451 e. The zero-order valence-corrected chi connectivity index (χ0v) is 15.8. The van der Waals surface area contributed by atoms with Crippen LogP contribution in [0, 0.1) is 5.92 Å². The number of piperidine rings is 1. The van der Waals surface area contributed by atoms with E-state index in [1.165, 1.54) is 6.07 Å². The van der Waals surface area contributed by atoms with Gasteiger partial charge < -0.3 is 14.6 Å². The minimum absolute atomic E-state index is 0.0119. The van der Waals surface area contributed by atoms with Crippen molar-refractivity contribution in [1.29, 1.82) is 0 Å². The van der Waals surface area contributed by atoms with Gasteiger partial charge in [0.05, 0.1) is 10.9 Å². The Labute approximate surface area is 167 Å². The van der Waals surface area contributed by atoms with Crippen molar-refractivity contribution in [2.75, 3.05) is 19.6 Å². The lowest BCUT2D eigenvalue weighted by Gasteiger charge is -2.32. The van der Waals surface area contributed by atoms with Crippen LogP contribution in [0.15, 0.2) is 64.1 Å². The molecule has 1 aliphatic rings. The molecule has 0 aliphatic carbocycles. The number of para-hydroxylation sites is 1. The van der Waals surface area contributed by atoms with Gasteiger partial charge in [-0.15, -0.1) is 0 Å². The highest BCUT2D eigenvalue weighted by Gasteiger charge is 2.24. The maximum atomic E-state index is 12.5. The number of pyridine rings is 1. The third kappa shape index (κ3) is 4.18. The summed E-state index contributed by atoms with van der Waals surface area (Å²) < 4.78 is 5.57. The Bertz CT molecular complexity index is 1090. The van der Waals surface area contributed by atoms with E-state index >= 15 is 0 Å². The first-order valence-electron chi connectivity index (χ1n) is 9.62. The number of hydrogen-bond donors (Lipinski definition) is 1. The molecule has 29 heavy (non-hydrogen) atoms. The summed E-state index contributed by atoms with van der Waals surface area (Å²) >= 11 is 0. The van der Waals surface area contributed by atoms with Gasteiger partial charge in [0.25, 0.3) is 11.8 Å². The Morgan fingerprint density at radius 1 is 1.14 bits per heavy atom. The average Bonchev–Trinajstić information content (AvgIpc) is 2.78. The Morgan fingerprint density at radius 3 is 2.69 bits per heavy atom. The summed E-state index contributed by atoms with van der Waals surface area (Å²) in [4.78, 5) is 42.9. The Balaban J connectivity index is 1.32. The van der Waals surface area contributed by atoms with Crippen LogP contribution in [0.25, 0.3) is 11.0 Å². The van der Waals surface area contributed by atoms with Gasteiger partial charge >= 0.3 is 0 Å². The summed E-state index contributed by atoms with van der Waals surface area (Å²) in [6.07, 6.45) is 4.82. The van der Waals surface area contributed by atoms with E-state index in [-0.39, 0.29) is 23.0 Å². The number of nitrogens with zero attached hydrogens (tertiary/aromatic N) is 2. The third-order valence-electron chi connectivity index (χ3n) is 5.22. The van der Waals surface area contributed by atoms with Crippen LogP contribution in [0.4, 0.5) is 0 Å². The second-order valence-electron chi connectivity index (χ2n) is 7.16. The predicted molar refractivity (Wildman–Crippen MR) is 108 cm³/mol. The molecule has 0 atom stereocenters. The van der Waals surface area contributed by atoms with Gasteiger partial charge in [-0.3, -0.25) is 19.4 Å². The van der Waals surface area contributed by atoms with E-state index in [9.17, 15) is 14.4 Å². The molecule has 0 radical (unpaired) electrons. The van der Waals surface area contributed by atoms with Crippen molar-refractivity contribution in [3.05, 3.63) is 76.4 Å². The molecule has 7 nitrogen and oxygen atoms in total. The standard InChI is InChI=1S/C22H21N3O4/c26-18-12-20(29-19-6-2-1-5-17(18)19)21(27)24-13-15-7-10-25(11-8-15)22(28)16-4-3-9-23-14-16/h1-6,9,12,14-15H,7-8,10-11,13H2,(H,24,27). The van der Waals surface area contributed by atoms with E-state index in [1.807, 2.05) is 4.90 Å². The smallest absolute Gasteiger partial charge is 0.287 e. The first kappa shape index (κ1) is 18.9. The molecule has 0 spiro atoms. The van der Waals surface area contributed by atoms with Gasteiger partial charge in [-0.25, -0.2) is 0 Å². The van der Waals surface area contributed by atoms with Crippen molar-refractivity contribution in [1.82, 2.24) is 15.2 Å². The lowest BCUT2D eigenvalue weighted by Crippen LogP contribution is -2.41. The fraction of sp³-hybridized carbons (Fsp3) is 0.273. The van der Waals surface area contributed by atoms with Crippen LogP contribution in [0.2, 0.25) is 0 Å². The number of likely N-dealkylation sites (tertiary alicyclic amines) is 1. The molecule has 4 rings (SSSR count). The number of aromatic nitrogens is 1. The van der Waals surface area contributed by atoms with Crippen molar-refractivity contribution in [2.45, 2.75) is 12.8 Å². The first-order chi connectivity index (χ1) is 14.1. The summed E-state index contributed by atoms with van der Waals surface area (Å²) in [5.41, 5.74) is 0.747. The van der Waals surface area contributed by atoms with Gasteiger partial charge in [0.1, 0.15) is 5.58 Å². The van der Waals surface area contributed by atoms with E-state index in [0.29, 0.717) is 36.2 Å². The van der Waals surface area contributed by atoms with Crippen molar-refractivity contribution in [2.24, 2.45) is 5.92 Å². The lowest BCUT2D eigenvalue weighted by atomic mass is 9.96. The molecule has 0 unspecified atom stereocenters. The van der Waals surface area contributed by atoms with Crippen molar-refractivity contribution in [3.63, 3.8) is 0 Å². The summed E-state index contributed by atoms with van der Waals surface area (Å²) in [6.45, 7) is 1.75. The lowest BCUT2D eigenvalue weighted by molar-refractivity contribution is 0.0683. The molecule has 148 valence electrons. The fourth-order valence-corrected chi connectivity index (χ4v) is 3.55. The highest BCUT2D eigenvalue weighted by molar-refractivity contribution is 5.94. The van der Waals surface area contributed by atoms with Gasteiger partial charge in [0, 0.05) is 38.1 Å². The van der Waals surface area contributed by atoms with Gasteiger partial charge in [-0.2, -0.15) is 0 Å². The van der Waals surface area contributed by atoms with E-state index in [4.69, 9.17) is 4.42 Å². The quantitative estimate of drug-likeness (QED) is 0.738. The van der Waals surface area contributed by atoms with Crippen LogP contribution in [0.3, 0.4) is 0 Å². The summed E-state index contributed by atoms with van der Waals surface area (Å²) in [7, 11) is 0. The number of rotatable bonds is 4. The van der Waals surface area contributed by atoms with E-state index in [0.717, 1.165) is 12.8 Å². The molecule has 2 aromatic heterocycles. The molecule has 2 amide bonds. The monoisotopic (exact) mass is 391 g/mol. The topological polar surface area (TPSA) is 92.5 Å². The maximum Gasteiger partial charge on any atom is 0.287 e. The molecule has 7 heteroatoms. The molecule has 0 saturated carbocycles. The zero-order chi connectivity index (χ0) is 20.2. The Kier molecular flexibility index (Phi) is 5.37. The number of nitrogens with one attached hydrogen (secondary N) is 1. The number of benzene rings is 1. The van der Waals surface area contributed by atoms with E-state index in [1.54, 1.807) is 48.8 Å². The van der Waals surface area contributed by atoms with Crippen molar-refractivity contribution < 1.29 is 14.0 Å². The highest BCUT2D eigenvalue weighted by atomic mass is 16.3. The number of carbonyl (C=O) groups is 2. The molecule has 3 aromatic rings. The summed E-state index contributed by atoms with van der Waals surface area (Å²) in [6, 6.07) is 11.6. The van der Waals surface area contributed by atoms with Gasteiger partial charge in [-0.05, 0) is 43.0 Å². The highest BCUT2D eigenvalue weighted by Crippen LogP contribution is 2.19. The predicted octanol–water partition coefficient (Wildman–Crippen LogP) is 2.47.